The molecule has 18 heavy (non-hydrogen) atoms. The minimum absolute atomic E-state index is 0.717. The Morgan fingerprint density at radius 3 is 2.94 bits per heavy atom. The van der Waals surface area contributed by atoms with Crippen LogP contribution in [0.1, 0.15) is 43.0 Å². The molecule has 1 atom stereocenters. The number of fused-ring (bicyclic) bond motifs is 1. The van der Waals surface area contributed by atoms with Crippen molar-refractivity contribution in [2.24, 2.45) is 5.92 Å². The van der Waals surface area contributed by atoms with E-state index in [0.29, 0.717) is 0 Å². The Labute approximate surface area is 108 Å². The summed E-state index contributed by atoms with van der Waals surface area (Å²) in [5.74, 6) is 1.65. The molecule has 0 aromatic carbocycles. The molecule has 0 bridgehead atoms. The normalized spacial score (nSPS) is 22.7. The van der Waals surface area contributed by atoms with Gasteiger partial charge in [0.1, 0.15) is 11.9 Å². The molecule has 3 nitrogen and oxygen atoms in total. The summed E-state index contributed by atoms with van der Waals surface area (Å²) in [6.45, 7) is 4.35. The molecule has 1 aliphatic carbocycles. The van der Waals surface area contributed by atoms with E-state index in [1.54, 1.807) is 0 Å². The van der Waals surface area contributed by atoms with E-state index in [2.05, 4.69) is 24.0 Å². The zero-order chi connectivity index (χ0) is 12.5. The van der Waals surface area contributed by atoms with Gasteiger partial charge in [-0.3, -0.25) is 0 Å². The lowest BCUT2D eigenvalue weighted by Crippen LogP contribution is -2.23. The molecule has 0 amide bonds. The molecule has 0 N–H and O–H groups in total. The molecule has 3 heteroatoms. The number of pyridine rings is 1. The summed E-state index contributed by atoms with van der Waals surface area (Å²) in [5, 5.41) is 9.33. The molecular weight excluding hydrogens is 222 g/mol. The molecule has 2 aliphatic rings. The summed E-state index contributed by atoms with van der Waals surface area (Å²) in [5.41, 5.74) is 3.30. The first-order valence-electron chi connectivity index (χ1n) is 6.96. The lowest BCUT2D eigenvalue weighted by Gasteiger charge is -2.22. The Hall–Kier alpha value is -1.56. The van der Waals surface area contributed by atoms with E-state index in [9.17, 15) is 5.26 Å². The third-order valence-electron chi connectivity index (χ3n) is 4.12. The SMILES string of the molecule is CC1CCN(c2nc3c(cc2C#N)CCCC3)C1. The van der Waals surface area contributed by atoms with Crippen LogP contribution in [-0.4, -0.2) is 18.1 Å². The zero-order valence-corrected chi connectivity index (χ0v) is 10.9. The van der Waals surface area contributed by atoms with Gasteiger partial charge in [0.15, 0.2) is 0 Å². The Morgan fingerprint density at radius 2 is 2.22 bits per heavy atom. The number of aromatic nitrogens is 1. The first-order valence-corrected chi connectivity index (χ1v) is 6.96. The van der Waals surface area contributed by atoms with Gasteiger partial charge in [0.25, 0.3) is 0 Å². The average molecular weight is 241 g/mol. The highest BCUT2D eigenvalue weighted by Crippen LogP contribution is 2.29. The number of nitriles is 1. The van der Waals surface area contributed by atoms with Gasteiger partial charge in [-0.25, -0.2) is 4.98 Å². The summed E-state index contributed by atoms with van der Waals surface area (Å²) in [6, 6.07) is 4.42. The minimum atomic E-state index is 0.717. The highest BCUT2D eigenvalue weighted by atomic mass is 15.2. The predicted octanol–water partition coefficient (Wildman–Crippen LogP) is 2.68. The maximum absolute atomic E-state index is 9.33. The van der Waals surface area contributed by atoms with Crippen LogP contribution in [0.2, 0.25) is 0 Å². The molecule has 3 rings (SSSR count). The van der Waals surface area contributed by atoms with Crippen LogP contribution in [-0.2, 0) is 12.8 Å². The molecule has 0 spiro atoms. The largest absolute Gasteiger partial charge is 0.355 e. The Morgan fingerprint density at radius 1 is 1.39 bits per heavy atom. The summed E-state index contributed by atoms with van der Waals surface area (Å²) in [7, 11) is 0. The van der Waals surface area contributed by atoms with Gasteiger partial charge in [0.05, 0.1) is 5.56 Å². The van der Waals surface area contributed by atoms with E-state index in [-0.39, 0.29) is 0 Å². The number of hydrogen-bond acceptors (Lipinski definition) is 3. The van der Waals surface area contributed by atoms with E-state index >= 15 is 0 Å². The van der Waals surface area contributed by atoms with Gasteiger partial charge in [0, 0.05) is 18.8 Å². The standard InChI is InChI=1S/C15H19N3/c1-11-6-7-18(10-11)15-13(9-16)8-12-4-2-3-5-14(12)17-15/h8,11H,2-7,10H2,1H3. The topological polar surface area (TPSA) is 39.9 Å². The highest BCUT2D eigenvalue weighted by molar-refractivity contribution is 5.57. The van der Waals surface area contributed by atoms with Crippen molar-refractivity contribution in [3.8, 4) is 6.07 Å². The molecule has 0 saturated carbocycles. The first-order chi connectivity index (χ1) is 8.78. The summed E-state index contributed by atoms with van der Waals surface area (Å²) in [6.07, 6.45) is 5.86. The summed E-state index contributed by atoms with van der Waals surface area (Å²) < 4.78 is 0. The fraction of sp³-hybridized carbons (Fsp3) is 0.600. The third-order valence-corrected chi connectivity index (χ3v) is 4.12. The van der Waals surface area contributed by atoms with Gasteiger partial charge >= 0.3 is 0 Å². The molecule has 1 unspecified atom stereocenters. The van der Waals surface area contributed by atoms with Crippen LogP contribution in [0.25, 0.3) is 0 Å². The van der Waals surface area contributed by atoms with Crippen LogP contribution in [0.4, 0.5) is 5.82 Å². The van der Waals surface area contributed by atoms with Gasteiger partial charge < -0.3 is 4.90 Å². The van der Waals surface area contributed by atoms with E-state index in [1.165, 1.54) is 30.5 Å². The molecule has 1 aromatic heterocycles. The van der Waals surface area contributed by atoms with Crippen LogP contribution in [0.15, 0.2) is 6.07 Å². The van der Waals surface area contributed by atoms with E-state index in [0.717, 1.165) is 43.2 Å². The fourth-order valence-corrected chi connectivity index (χ4v) is 3.07. The van der Waals surface area contributed by atoms with Crippen LogP contribution in [0.3, 0.4) is 0 Å². The zero-order valence-electron chi connectivity index (χ0n) is 10.9. The van der Waals surface area contributed by atoms with Crippen molar-refractivity contribution in [3.63, 3.8) is 0 Å². The van der Waals surface area contributed by atoms with Crippen LogP contribution in [0, 0.1) is 17.2 Å². The van der Waals surface area contributed by atoms with Crippen molar-refractivity contribution in [2.45, 2.75) is 39.0 Å². The predicted molar refractivity (Wildman–Crippen MR) is 71.6 cm³/mol. The van der Waals surface area contributed by atoms with Gasteiger partial charge in [-0.2, -0.15) is 5.26 Å². The number of hydrogen-bond donors (Lipinski definition) is 0. The lowest BCUT2D eigenvalue weighted by atomic mass is 9.95. The maximum atomic E-state index is 9.33. The van der Waals surface area contributed by atoms with Crippen LogP contribution >= 0.6 is 0 Å². The van der Waals surface area contributed by atoms with Gasteiger partial charge in [-0.15, -0.1) is 0 Å². The van der Waals surface area contributed by atoms with Crippen molar-refractivity contribution < 1.29 is 0 Å². The molecule has 1 fully saturated rings. The smallest absolute Gasteiger partial charge is 0.146 e. The van der Waals surface area contributed by atoms with Crippen LogP contribution < -0.4 is 4.90 Å². The molecule has 2 heterocycles. The van der Waals surface area contributed by atoms with Gasteiger partial charge in [-0.1, -0.05) is 6.92 Å². The van der Waals surface area contributed by atoms with Crippen molar-refractivity contribution in [3.05, 3.63) is 22.9 Å². The van der Waals surface area contributed by atoms with Gasteiger partial charge in [0.2, 0.25) is 0 Å². The minimum Gasteiger partial charge on any atom is -0.355 e. The van der Waals surface area contributed by atoms with E-state index in [4.69, 9.17) is 4.98 Å². The lowest BCUT2D eigenvalue weighted by molar-refractivity contribution is 0.655. The maximum Gasteiger partial charge on any atom is 0.146 e. The Balaban J connectivity index is 2.00. The molecule has 94 valence electrons. The summed E-state index contributed by atoms with van der Waals surface area (Å²) >= 11 is 0. The van der Waals surface area contributed by atoms with E-state index in [1.807, 2.05) is 0 Å². The van der Waals surface area contributed by atoms with Crippen molar-refractivity contribution in [1.29, 1.82) is 5.26 Å². The molecule has 1 aliphatic heterocycles. The number of nitrogens with zero attached hydrogens (tertiary/aromatic N) is 3. The third kappa shape index (κ3) is 1.96. The second-order valence-electron chi connectivity index (χ2n) is 5.62. The second kappa shape index (κ2) is 4.61. The molecule has 1 aromatic rings. The molecular formula is C15H19N3. The van der Waals surface area contributed by atoms with Gasteiger partial charge in [-0.05, 0) is 49.7 Å². The van der Waals surface area contributed by atoms with E-state index < -0.39 is 0 Å². The number of rotatable bonds is 1. The Kier molecular flexibility index (Phi) is 2.95. The molecule has 1 saturated heterocycles. The van der Waals surface area contributed by atoms with Crippen LogP contribution in [0.5, 0.6) is 0 Å². The Bertz CT molecular complexity index is 501. The fourth-order valence-electron chi connectivity index (χ4n) is 3.07. The van der Waals surface area contributed by atoms with Crippen molar-refractivity contribution in [2.75, 3.05) is 18.0 Å². The van der Waals surface area contributed by atoms with Crippen molar-refractivity contribution >= 4 is 5.82 Å². The highest BCUT2D eigenvalue weighted by Gasteiger charge is 2.24. The summed E-state index contributed by atoms with van der Waals surface area (Å²) in [4.78, 5) is 7.09. The number of anilines is 1. The quantitative estimate of drug-likeness (QED) is 0.759. The second-order valence-corrected chi connectivity index (χ2v) is 5.62. The monoisotopic (exact) mass is 241 g/mol. The molecule has 0 radical (unpaired) electrons. The average Bonchev–Trinajstić information content (AvgIpc) is 2.83. The number of aryl methyl sites for hydroxylation is 2. The first kappa shape index (κ1) is 11.5. The van der Waals surface area contributed by atoms with Crippen molar-refractivity contribution in [1.82, 2.24) is 4.98 Å².